The summed E-state index contributed by atoms with van der Waals surface area (Å²) < 4.78 is 11.6. The molecule has 11 heteroatoms. The van der Waals surface area contributed by atoms with E-state index in [1.165, 1.54) is 25.7 Å². The van der Waals surface area contributed by atoms with Gasteiger partial charge in [0.1, 0.15) is 5.75 Å². The van der Waals surface area contributed by atoms with E-state index < -0.39 is 5.91 Å². The lowest BCUT2D eigenvalue weighted by atomic mass is 9.98. The minimum absolute atomic E-state index is 0.156. The molecule has 0 bridgehead atoms. The van der Waals surface area contributed by atoms with Crippen LogP contribution >= 0.6 is 0 Å². The fraction of sp³-hybridized carbons (Fsp3) is 0.409. The molecule has 3 aliphatic rings. The van der Waals surface area contributed by atoms with Gasteiger partial charge in [-0.15, -0.1) is 0 Å². The minimum atomic E-state index is -0.405. The lowest BCUT2D eigenvalue weighted by molar-refractivity contribution is 0.0338. The Morgan fingerprint density at radius 3 is 2.29 bits per heavy atom. The maximum absolute atomic E-state index is 14.0. The summed E-state index contributed by atoms with van der Waals surface area (Å²) in [5.74, 6) is -0.109. The van der Waals surface area contributed by atoms with Crippen LogP contribution in [0.15, 0.2) is 85.1 Å². The molecule has 2 aliphatic heterocycles. The number of nitrogens with one attached hydrogen (secondary N) is 2. The number of rotatable bonds is 12. The number of benzene rings is 3. The molecule has 4 aromatic rings. The molecule has 2 saturated heterocycles. The van der Waals surface area contributed by atoms with E-state index in [4.69, 9.17) is 9.47 Å². The highest BCUT2D eigenvalue weighted by Crippen LogP contribution is 2.29. The van der Waals surface area contributed by atoms with Gasteiger partial charge in [-0.1, -0.05) is 24.6 Å². The number of pyridine rings is 1. The number of carbonyl (C=O) groups excluding carboxylic acids is 3. The molecule has 3 aromatic carbocycles. The third-order valence-corrected chi connectivity index (χ3v) is 10.8. The molecule has 11 nitrogen and oxygen atoms in total. The van der Waals surface area contributed by atoms with Gasteiger partial charge in [-0.25, -0.2) is 0 Å². The van der Waals surface area contributed by atoms with Gasteiger partial charge in [-0.2, -0.15) is 0 Å². The average Bonchev–Trinajstić information content (AvgIpc) is 3.24. The van der Waals surface area contributed by atoms with Crippen molar-refractivity contribution in [2.75, 3.05) is 75.1 Å². The molecule has 1 saturated carbocycles. The molecule has 0 radical (unpaired) electrons. The van der Waals surface area contributed by atoms with Crippen molar-refractivity contribution in [2.45, 2.75) is 57.5 Å². The number of hydrogen-bond acceptors (Lipinski definition) is 8. The molecule has 2 N–H and O–H groups in total. The number of likely N-dealkylation sites (N-methyl/N-ethyl adjacent to an activating group) is 1. The summed E-state index contributed by atoms with van der Waals surface area (Å²) in [5.41, 5.74) is 4.80. The molecule has 288 valence electrons. The first-order chi connectivity index (χ1) is 26.9. The molecular weight excluding hydrogens is 693 g/mol. The first-order valence-electron chi connectivity index (χ1n) is 19.8. The number of amides is 3. The van der Waals surface area contributed by atoms with Crippen LogP contribution < -0.4 is 20.3 Å². The molecule has 0 atom stereocenters. The summed E-state index contributed by atoms with van der Waals surface area (Å²) in [6, 6.07) is 23.8. The van der Waals surface area contributed by atoms with E-state index in [0.29, 0.717) is 47.8 Å². The molecule has 0 spiro atoms. The molecular formula is C44H52N6O5. The van der Waals surface area contributed by atoms with E-state index in [1.54, 1.807) is 48.5 Å². The van der Waals surface area contributed by atoms with Gasteiger partial charge in [0.2, 0.25) is 0 Å². The number of hydrogen-bond donors (Lipinski definition) is 2. The Morgan fingerprint density at radius 2 is 1.55 bits per heavy atom. The summed E-state index contributed by atoms with van der Waals surface area (Å²) in [6.07, 6.45) is 11.3. The Bertz CT molecular complexity index is 1920. The fourth-order valence-corrected chi connectivity index (χ4v) is 7.52. The molecule has 1 aromatic heterocycles. The Labute approximate surface area is 324 Å². The summed E-state index contributed by atoms with van der Waals surface area (Å²) >= 11 is 0. The molecule has 3 amide bonds. The summed E-state index contributed by atoms with van der Waals surface area (Å²) in [4.78, 5) is 51.9. The van der Waals surface area contributed by atoms with Gasteiger partial charge < -0.3 is 29.9 Å². The Hall–Kier alpha value is -5.26. The lowest BCUT2D eigenvalue weighted by Crippen LogP contribution is -2.41. The van der Waals surface area contributed by atoms with Crippen LogP contribution in [0.5, 0.6) is 5.75 Å². The van der Waals surface area contributed by atoms with Crippen LogP contribution in [0.1, 0.15) is 82.4 Å². The van der Waals surface area contributed by atoms with Gasteiger partial charge in [0.25, 0.3) is 17.7 Å². The van der Waals surface area contributed by atoms with E-state index in [1.807, 2.05) is 48.5 Å². The monoisotopic (exact) mass is 744 g/mol. The van der Waals surface area contributed by atoms with Gasteiger partial charge >= 0.3 is 0 Å². The first kappa shape index (κ1) is 38.0. The predicted molar refractivity (Wildman–Crippen MR) is 216 cm³/mol. The number of anilines is 3. The van der Waals surface area contributed by atoms with Crippen LogP contribution in [0.3, 0.4) is 0 Å². The Balaban J connectivity index is 1.03. The predicted octanol–water partition coefficient (Wildman–Crippen LogP) is 7.36. The largest absolute Gasteiger partial charge is 0.489 e. The second-order valence-electron chi connectivity index (χ2n) is 14.8. The van der Waals surface area contributed by atoms with Crippen molar-refractivity contribution in [2.24, 2.45) is 0 Å². The zero-order valence-electron chi connectivity index (χ0n) is 31.8. The van der Waals surface area contributed by atoms with Crippen molar-refractivity contribution in [3.05, 3.63) is 102 Å². The van der Waals surface area contributed by atoms with E-state index in [-0.39, 0.29) is 17.9 Å². The molecule has 3 heterocycles. The molecule has 0 unspecified atom stereocenters. The number of nitrogens with zero attached hydrogens (tertiary/aromatic N) is 4. The normalized spacial score (nSPS) is 16.6. The van der Waals surface area contributed by atoms with Crippen molar-refractivity contribution in [3.63, 3.8) is 0 Å². The topological polar surface area (TPSA) is 116 Å². The summed E-state index contributed by atoms with van der Waals surface area (Å²) in [7, 11) is 1.78. The van der Waals surface area contributed by atoms with Crippen LogP contribution in [0, 0.1) is 0 Å². The highest BCUT2D eigenvalue weighted by molar-refractivity contribution is 6.13. The van der Waals surface area contributed by atoms with Gasteiger partial charge in [0.05, 0.1) is 42.5 Å². The van der Waals surface area contributed by atoms with E-state index in [2.05, 4.69) is 25.4 Å². The van der Waals surface area contributed by atoms with Gasteiger partial charge in [-0.05, 0) is 106 Å². The molecule has 3 fully saturated rings. The van der Waals surface area contributed by atoms with Crippen LogP contribution in [0.2, 0.25) is 0 Å². The lowest BCUT2D eigenvalue weighted by Gasteiger charge is -2.29. The zero-order chi connectivity index (χ0) is 38.0. The highest BCUT2D eigenvalue weighted by Gasteiger charge is 2.21. The molecule has 1 aliphatic carbocycles. The number of aromatic nitrogens is 1. The van der Waals surface area contributed by atoms with Crippen LogP contribution in [-0.2, 0) is 4.74 Å². The number of carbonyl (C=O) groups is 3. The third kappa shape index (κ3) is 10.1. The summed E-state index contributed by atoms with van der Waals surface area (Å²) in [6.45, 7) is 6.27. The van der Waals surface area contributed by atoms with Crippen molar-refractivity contribution < 1.29 is 23.9 Å². The van der Waals surface area contributed by atoms with Gasteiger partial charge in [0.15, 0.2) is 0 Å². The van der Waals surface area contributed by atoms with Crippen molar-refractivity contribution in [1.82, 2.24) is 14.8 Å². The second-order valence-corrected chi connectivity index (χ2v) is 14.8. The van der Waals surface area contributed by atoms with Crippen LogP contribution in [0.4, 0.5) is 17.1 Å². The fourth-order valence-electron chi connectivity index (χ4n) is 7.52. The van der Waals surface area contributed by atoms with E-state index in [9.17, 15) is 14.4 Å². The van der Waals surface area contributed by atoms with E-state index in [0.717, 1.165) is 81.1 Å². The van der Waals surface area contributed by atoms with Gasteiger partial charge in [0, 0.05) is 74.4 Å². The molecule has 55 heavy (non-hydrogen) atoms. The molecule has 7 rings (SSSR count). The van der Waals surface area contributed by atoms with Crippen molar-refractivity contribution in [3.8, 4) is 17.0 Å². The van der Waals surface area contributed by atoms with Crippen molar-refractivity contribution in [1.29, 1.82) is 0 Å². The van der Waals surface area contributed by atoms with Gasteiger partial charge in [-0.3, -0.25) is 24.3 Å². The minimum Gasteiger partial charge on any atom is -0.489 e. The first-order valence-corrected chi connectivity index (χ1v) is 19.8. The highest BCUT2D eigenvalue weighted by atomic mass is 16.5. The number of ether oxygens (including phenoxy) is 2. The SMILES string of the molecule is CN(CCN1CCOCC1)C(=O)c1cccc(C(=O)Nc2ccc(N3CCCCC3)cc2C(=O)Nc2ccc(-c3ccc(OC4CCCCC4)cn3)cc2)c1. The van der Waals surface area contributed by atoms with Crippen LogP contribution in [0.25, 0.3) is 11.3 Å². The maximum atomic E-state index is 14.0. The summed E-state index contributed by atoms with van der Waals surface area (Å²) in [5, 5.41) is 6.01. The van der Waals surface area contributed by atoms with Crippen LogP contribution in [-0.4, -0.2) is 98.1 Å². The number of piperidine rings is 1. The smallest absolute Gasteiger partial charge is 0.257 e. The Morgan fingerprint density at radius 1 is 0.800 bits per heavy atom. The Kier molecular flexibility index (Phi) is 12.7. The maximum Gasteiger partial charge on any atom is 0.257 e. The standard InChI is InChI=1S/C44H52N6O5/c1-48(23-24-49-25-27-54-28-26-49)44(53)34-10-8-9-33(29-34)42(51)47-41-19-17-36(50-21-6-3-7-22-50)30-39(41)43(52)46-35-15-13-32(14-16-35)40-20-18-38(31-45-40)55-37-11-4-2-5-12-37/h8-10,13-20,29-31,37H,2-7,11-12,21-28H2,1H3,(H,46,52)(H,47,51). The number of morpholine rings is 1. The quantitative estimate of drug-likeness (QED) is 0.155. The third-order valence-electron chi connectivity index (χ3n) is 10.8. The van der Waals surface area contributed by atoms with E-state index >= 15 is 0 Å². The average molecular weight is 745 g/mol. The second kappa shape index (κ2) is 18.4. The zero-order valence-corrected chi connectivity index (χ0v) is 31.8. The van der Waals surface area contributed by atoms with Crippen molar-refractivity contribution >= 4 is 34.8 Å².